The summed E-state index contributed by atoms with van der Waals surface area (Å²) in [5.41, 5.74) is 0. The lowest BCUT2D eigenvalue weighted by atomic mass is 9.88. The van der Waals surface area contributed by atoms with Gasteiger partial charge in [-0.1, -0.05) is 19.8 Å². The molecule has 2 unspecified atom stereocenters. The minimum Gasteiger partial charge on any atom is -0.310 e. The van der Waals surface area contributed by atoms with E-state index in [2.05, 4.69) is 4.84 Å². The summed E-state index contributed by atoms with van der Waals surface area (Å²) in [6, 6.07) is 0. The first-order valence-electron chi connectivity index (χ1n) is 4.01. The number of hydrogen-bond donors (Lipinski definition) is 0. The van der Waals surface area contributed by atoms with Gasteiger partial charge in [-0.25, -0.2) is 0 Å². The minimum absolute atomic E-state index is 0.154. The number of rotatable bonds is 2. The third kappa shape index (κ3) is 2.37. The molecule has 0 amide bonds. The maximum absolute atomic E-state index is 10.00. The highest BCUT2D eigenvalue weighted by Gasteiger charge is 2.23. The van der Waals surface area contributed by atoms with Crippen molar-refractivity contribution >= 4 is 0 Å². The zero-order valence-corrected chi connectivity index (χ0v) is 6.66. The van der Waals surface area contributed by atoms with Crippen molar-refractivity contribution < 1.29 is 9.92 Å². The van der Waals surface area contributed by atoms with Gasteiger partial charge in [0.1, 0.15) is 6.10 Å². The molecule has 0 spiro atoms. The Morgan fingerprint density at radius 1 is 1.45 bits per heavy atom. The van der Waals surface area contributed by atoms with E-state index >= 15 is 0 Å². The van der Waals surface area contributed by atoms with E-state index in [0.717, 1.165) is 19.3 Å². The van der Waals surface area contributed by atoms with E-state index in [4.69, 9.17) is 0 Å². The summed E-state index contributed by atoms with van der Waals surface area (Å²) in [7, 11) is 0. The highest BCUT2D eigenvalue weighted by Crippen LogP contribution is 2.25. The van der Waals surface area contributed by atoms with Gasteiger partial charge in [-0.05, 0) is 18.8 Å². The largest absolute Gasteiger partial charge is 0.310 e. The van der Waals surface area contributed by atoms with Gasteiger partial charge in [-0.2, -0.15) is 0 Å². The van der Waals surface area contributed by atoms with Crippen LogP contribution in [0.25, 0.3) is 0 Å². The lowest BCUT2D eigenvalue weighted by Gasteiger charge is -2.26. The monoisotopic (exact) mass is 159 g/mol. The summed E-state index contributed by atoms with van der Waals surface area (Å²) in [5.74, 6) is 0.342. The van der Waals surface area contributed by atoms with E-state index in [-0.39, 0.29) is 6.10 Å². The molecule has 0 aliphatic heterocycles. The Kier molecular flexibility index (Phi) is 2.68. The van der Waals surface area contributed by atoms with Crippen molar-refractivity contribution in [3.8, 4) is 0 Å². The SMILES string of the molecule is CC1CCCCC1O[N+](=O)[O-]. The Balaban J connectivity index is 2.35. The molecule has 1 aliphatic rings. The van der Waals surface area contributed by atoms with Crippen molar-refractivity contribution in [1.82, 2.24) is 0 Å². The summed E-state index contributed by atoms with van der Waals surface area (Å²) in [6.45, 7) is 2.01. The van der Waals surface area contributed by atoms with Crippen LogP contribution in [0.2, 0.25) is 0 Å². The van der Waals surface area contributed by atoms with Crippen molar-refractivity contribution in [1.29, 1.82) is 0 Å². The van der Waals surface area contributed by atoms with Gasteiger partial charge < -0.3 is 4.84 Å². The first-order chi connectivity index (χ1) is 5.20. The second kappa shape index (κ2) is 3.55. The van der Waals surface area contributed by atoms with E-state index in [1.54, 1.807) is 0 Å². The van der Waals surface area contributed by atoms with Gasteiger partial charge in [0, 0.05) is 0 Å². The molecule has 2 atom stereocenters. The average molecular weight is 159 g/mol. The molecule has 0 bridgehead atoms. The van der Waals surface area contributed by atoms with Gasteiger partial charge in [0.2, 0.25) is 0 Å². The van der Waals surface area contributed by atoms with Crippen LogP contribution in [0.4, 0.5) is 0 Å². The van der Waals surface area contributed by atoms with Crippen LogP contribution < -0.4 is 0 Å². The second-order valence-electron chi connectivity index (χ2n) is 3.13. The predicted octanol–water partition coefficient (Wildman–Crippen LogP) is 1.77. The van der Waals surface area contributed by atoms with Crippen molar-refractivity contribution in [2.24, 2.45) is 5.92 Å². The van der Waals surface area contributed by atoms with Gasteiger partial charge in [0.05, 0.1) is 0 Å². The fraction of sp³-hybridized carbons (Fsp3) is 1.00. The highest BCUT2D eigenvalue weighted by atomic mass is 17.0. The highest BCUT2D eigenvalue weighted by molar-refractivity contribution is 4.70. The van der Waals surface area contributed by atoms with Crippen molar-refractivity contribution in [2.45, 2.75) is 38.7 Å². The lowest BCUT2D eigenvalue weighted by molar-refractivity contribution is -0.771. The molecule has 1 fully saturated rings. The third-order valence-corrected chi connectivity index (χ3v) is 2.25. The van der Waals surface area contributed by atoms with E-state index in [0.29, 0.717) is 5.92 Å². The molecule has 0 N–H and O–H groups in total. The predicted molar refractivity (Wildman–Crippen MR) is 39.5 cm³/mol. The quantitative estimate of drug-likeness (QED) is 0.455. The van der Waals surface area contributed by atoms with Gasteiger partial charge in [0.15, 0.2) is 0 Å². The topological polar surface area (TPSA) is 52.4 Å². The smallest absolute Gasteiger partial charge is 0.294 e. The minimum atomic E-state index is -0.674. The Bertz CT molecular complexity index is 149. The molecule has 1 saturated carbocycles. The number of hydrogen-bond acceptors (Lipinski definition) is 3. The van der Waals surface area contributed by atoms with Crippen LogP contribution in [-0.4, -0.2) is 11.2 Å². The van der Waals surface area contributed by atoms with E-state index in [9.17, 15) is 10.1 Å². The Hall–Kier alpha value is -0.800. The fourth-order valence-corrected chi connectivity index (χ4v) is 1.55. The first kappa shape index (κ1) is 8.30. The molecular formula is C7H13NO3. The van der Waals surface area contributed by atoms with Crippen LogP contribution in [0.15, 0.2) is 0 Å². The van der Waals surface area contributed by atoms with Crippen LogP contribution in [-0.2, 0) is 4.84 Å². The van der Waals surface area contributed by atoms with Gasteiger partial charge in [0.25, 0.3) is 5.09 Å². The molecule has 4 nitrogen and oxygen atoms in total. The van der Waals surface area contributed by atoms with Crippen molar-refractivity contribution in [3.63, 3.8) is 0 Å². The average Bonchev–Trinajstić information content (AvgIpc) is 1.93. The molecule has 0 heterocycles. The molecule has 0 aromatic carbocycles. The van der Waals surface area contributed by atoms with E-state index in [1.165, 1.54) is 6.42 Å². The van der Waals surface area contributed by atoms with Crippen LogP contribution in [0.1, 0.15) is 32.6 Å². The lowest BCUT2D eigenvalue weighted by Crippen LogP contribution is -2.27. The van der Waals surface area contributed by atoms with Gasteiger partial charge >= 0.3 is 0 Å². The van der Waals surface area contributed by atoms with Gasteiger partial charge in [-0.15, -0.1) is 10.1 Å². The Labute approximate surface area is 65.6 Å². The molecule has 64 valence electrons. The van der Waals surface area contributed by atoms with Crippen LogP contribution in [0.5, 0.6) is 0 Å². The van der Waals surface area contributed by atoms with Crippen LogP contribution in [0.3, 0.4) is 0 Å². The van der Waals surface area contributed by atoms with Crippen molar-refractivity contribution in [3.05, 3.63) is 10.1 Å². The molecule has 0 radical (unpaired) electrons. The zero-order chi connectivity index (χ0) is 8.27. The Morgan fingerprint density at radius 3 is 2.64 bits per heavy atom. The summed E-state index contributed by atoms with van der Waals surface area (Å²) >= 11 is 0. The summed E-state index contributed by atoms with van der Waals surface area (Å²) < 4.78 is 0. The third-order valence-electron chi connectivity index (χ3n) is 2.25. The maximum Gasteiger partial charge on any atom is 0.294 e. The second-order valence-corrected chi connectivity index (χ2v) is 3.13. The maximum atomic E-state index is 10.00. The van der Waals surface area contributed by atoms with Gasteiger partial charge in [-0.3, -0.25) is 0 Å². The van der Waals surface area contributed by atoms with E-state index < -0.39 is 5.09 Å². The van der Waals surface area contributed by atoms with Crippen LogP contribution in [0, 0.1) is 16.0 Å². The van der Waals surface area contributed by atoms with Crippen molar-refractivity contribution in [2.75, 3.05) is 0 Å². The summed E-state index contributed by atoms with van der Waals surface area (Å²) in [6.07, 6.45) is 3.97. The summed E-state index contributed by atoms with van der Waals surface area (Å²) in [4.78, 5) is 14.5. The molecule has 11 heavy (non-hydrogen) atoms. The van der Waals surface area contributed by atoms with E-state index in [1.807, 2.05) is 6.92 Å². The molecule has 0 aromatic heterocycles. The molecule has 4 heteroatoms. The summed E-state index contributed by atoms with van der Waals surface area (Å²) in [5, 5.41) is 9.32. The Morgan fingerprint density at radius 2 is 2.09 bits per heavy atom. The first-order valence-corrected chi connectivity index (χ1v) is 4.01. The molecule has 0 aromatic rings. The molecular weight excluding hydrogens is 146 g/mol. The molecule has 1 rings (SSSR count). The van der Waals surface area contributed by atoms with Crippen LogP contribution >= 0.6 is 0 Å². The molecule has 0 saturated heterocycles. The zero-order valence-electron chi connectivity index (χ0n) is 6.66. The normalized spacial score (nSPS) is 31.4. The standard InChI is InChI=1S/C7H13NO3/c1-6-4-2-3-5-7(6)11-8(9)10/h6-7H,2-5H2,1H3. The fourth-order valence-electron chi connectivity index (χ4n) is 1.55. The number of nitrogens with zero attached hydrogens (tertiary/aromatic N) is 1. The molecule has 1 aliphatic carbocycles.